The molecular weight excluding hydrogens is 211 g/mol. The average molecular weight is 221 g/mol. The molecule has 1 unspecified atom stereocenters. The van der Waals surface area contributed by atoms with Gasteiger partial charge in [0.15, 0.2) is 0 Å². The topological polar surface area (TPSA) is 20.2 Å². The van der Waals surface area contributed by atoms with Crippen molar-refractivity contribution in [2.24, 2.45) is 0 Å². The summed E-state index contributed by atoms with van der Waals surface area (Å²) in [5.41, 5.74) is 0. The first-order chi connectivity index (χ1) is 6.09. The molecule has 1 aromatic carbocycles. The standard InChI is InChI=1S/C9H10ClFOS/c1-6(12)5-13-9-4-7(10)2-3-8(9)11/h2-4,6,12H,5H2,1H3. The van der Waals surface area contributed by atoms with Gasteiger partial charge in [0, 0.05) is 15.7 Å². The van der Waals surface area contributed by atoms with Crippen LogP contribution in [0, 0.1) is 5.82 Å². The van der Waals surface area contributed by atoms with Crippen LogP contribution in [0.25, 0.3) is 0 Å². The van der Waals surface area contributed by atoms with Crippen molar-refractivity contribution in [3.63, 3.8) is 0 Å². The molecule has 1 atom stereocenters. The van der Waals surface area contributed by atoms with Gasteiger partial charge in [0.2, 0.25) is 0 Å². The third-order valence-electron chi connectivity index (χ3n) is 1.37. The number of hydrogen-bond donors (Lipinski definition) is 1. The predicted molar refractivity (Wildman–Crippen MR) is 53.8 cm³/mol. The third kappa shape index (κ3) is 3.55. The van der Waals surface area contributed by atoms with Crippen LogP contribution in [0.1, 0.15) is 6.92 Å². The third-order valence-corrected chi connectivity index (χ3v) is 2.88. The molecule has 0 saturated heterocycles. The molecule has 0 aromatic heterocycles. The SMILES string of the molecule is CC(O)CSc1cc(Cl)ccc1F. The second-order valence-corrected chi connectivity index (χ2v) is 4.23. The van der Waals surface area contributed by atoms with Gasteiger partial charge in [-0.15, -0.1) is 11.8 Å². The molecule has 1 nitrogen and oxygen atoms in total. The maximum Gasteiger partial charge on any atom is 0.136 e. The Kier molecular flexibility index (Phi) is 4.03. The number of benzene rings is 1. The number of thioether (sulfide) groups is 1. The molecule has 4 heteroatoms. The van der Waals surface area contributed by atoms with E-state index in [-0.39, 0.29) is 5.82 Å². The van der Waals surface area contributed by atoms with E-state index in [2.05, 4.69) is 0 Å². The van der Waals surface area contributed by atoms with E-state index in [1.807, 2.05) is 0 Å². The summed E-state index contributed by atoms with van der Waals surface area (Å²) in [6.07, 6.45) is -0.441. The van der Waals surface area contributed by atoms with Crippen molar-refractivity contribution in [3.8, 4) is 0 Å². The van der Waals surface area contributed by atoms with Crippen molar-refractivity contribution in [3.05, 3.63) is 29.0 Å². The zero-order valence-corrected chi connectivity index (χ0v) is 8.70. The highest BCUT2D eigenvalue weighted by Gasteiger charge is 2.04. The number of rotatable bonds is 3. The molecular formula is C9H10ClFOS. The maximum absolute atomic E-state index is 13.1. The van der Waals surface area contributed by atoms with Gasteiger partial charge in [-0.3, -0.25) is 0 Å². The van der Waals surface area contributed by atoms with Crippen molar-refractivity contribution in [2.45, 2.75) is 17.9 Å². The number of aliphatic hydroxyl groups is 1. The van der Waals surface area contributed by atoms with Gasteiger partial charge in [0.05, 0.1) is 6.10 Å². The minimum absolute atomic E-state index is 0.296. The van der Waals surface area contributed by atoms with Crippen LogP contribution in [0.2, 0.25) is 5.02 Å². The normalized spacial score (nSPS) is 12.9. The number of halogens is 2. The van der Waals surface area contributed by atoms with Crippen molar-refractivity contribution in [1.82, 2.24) is 0 Å². The molecule has 0 saturated carbocycles. The Morgan fingerprint density at radius 3 is 2.92 bits per heavy atom. The first kappa shape index (κ1) is 10.8. The lowest BCUT2D eigenvalue weighted by atomic mass is 10.3. The monoisotopic (exact) mass is 220 g/mol. The lowest BCUT2D eigenvalue weighted by Gasteiger charge is -2.05. The van der Waals surface area contributed by atoms with Crippen molar-refractivity contribution in [2.75, 3.05) is 5.75 Å². The van der Waals surface area contributed by atoms with Crippen LogP contribution >= 0.6 is 23.4 Å². The van der Waals surface area contributed by atoms with E-state index in [9.17, 15) is 4.39 Å². The van der Waals surface area contributed by atoms with Crippen LogP contribution in [0.15, 0.2) is 23.1 Å². The first-order valence-electron chi connectivity index (χ1n) is 3.85. The molecule has 72 valence electrons. The summed E-state index contributed by atoms with van der Waals surface area (Å²) in [6, 6.07) is 4.39. The van der Waals surface area contributed by atoms with E-state index in [1.54, 1.807) is 13.0 Å². The molecule has 0 aliphatic rings. The van der Waals surface area contributed by atoms with Crippen LogP contribution < -0.4 is 0 Å². The summed E-state index contributed by atoms with van der Waals surface area (Å²) in [5.74, 6) is 0.173. The summed E-state index contributed by atoms with van der Waals surface area (Å²) < 4.78 is 13.1. The van der Waals surface area contributed by atoms with Crippen LogP contribution in [0.3, 0.4) is 0 Å². The first-order valence-corrected chi connectivity index (χ1v) is 5.22. The molecule has 0 spiro atoms. The van der Waals surface area contributed by atoms with Crippen molar-refractivity contribution >= 4 is 23.4 Å². The number of hydrogen-bond acceptors (Lipinski definition) is 2. The minimum atomic E-state index is -0.441. The Hall–Kier alpha value is -0.250. The van der Waals surface area contributed by atoms with Gasteiger partial charge in [0.25, 0.3) is 0 Å². The van der Waals surface area contributed by atoms with Gasteiger partial charge >= 0.3 is 0 Å². The van der Waals surface area contributed by atoms with E-state index >= 15 is 0 Å². The van der Waals surface area contributed by atoms with Crippen molar-refractivity contribution in [1.29, 1.82) is 0 Å². The van der Waals surface area contributed by atoms with Crippen LogP contribution in [-0.4, -0.2) is 17.0 Å². The molecule has 0 bridgehead atoms. The van der Waals surface area contributed by atoms with E-state index in [4.69, 9.17) is 16.7 Å². The fourth-order valence-electron chi connectivity index (χ4n) is 0.798. The lowest BCUT2D eigenvalue weighted by molar-refractivity contribution is 0.220. The Balaban J connectivity index is 2.70. The highest BCUT2D eigenvalue weighted by Crippen LogP contribution is 2.25. The highest BCUT2D eigenvalue weighted by molar-refractivity contribution is 7.99. The molecule has 0 heterocycles. The number of aliphatic hydroxyl groups excluding tert-OH is 1. The Morgan fingerprint density at radius 1 is 1.62 bits per heavy atom. The van der Waals surface area contributed by atoms with Gasteiger partial charge < -0.3 is 5.11 Å². The molecule has 1 aromatic rings. The van der Waals surface area contributed by atoms with Gasteiger partial charge in [-0.25, -0.2) is 4.39 Å². The Bertz CT molecular complexity index is 291. The molecule has 13 heavy (non-hydrogen) atoms. The zero-order chi connectivity index (χ0) is 9.84. The van der Waals surface area contributed by atoms with Gasteiger partial charge in [-0.1, -0.05) is 11.6 Å². The van der Waals surface area contributed by atoms with E-state index in [1.165, 1.54) is 23.9 Å². The molecule has 0 radical (unpaired) electrons. The second-order valence-electron chi connectivity index (χ2n) is 2.73. The summed E-state index contributed by atoms with van der Waals surface area (Å²) in [5, 5.41) is 9.51. The predicted octanol–water partition coefficient (Wildman–Crippen LogP) is 2.95. The summed E-state index contributed by atoms with van der Waals surface area (Å²) in [7, 11) is 0. The van der Waals surface area contributed by atoms with Crippen LogP contribution in [0.5, 0.6) is 0 Å². The fraction of sp³-hybridized carbons (Fsp3) is 0.333. The molecule has 0 amide bonds. The van der Waals surface area contributed by atoms with E-state index < -0.39 is 6.10 Å². The Morgan fingerprint density at radius 2 is 2.31 bits per heavy atom. The van der Waals surface area contributed by atoms with Gasteiger partial charge in [0.1, 0.15) is 5.82 Å². The smallest absolute Gasteiger partial charge is 0.136 e. The second kappa shape index (κ2) is 4.84. The van der Waals surface area contributed by atoms with Gasteiger partial charge in [-0.05, 0) is 25.1 Å². The van der Waals surface area contributed by atoms with Crippen LogP contribution in [-0.2, 0) is 0 Å². The molecule has 0 aliphatic carbocycles. The summed E-state index contributed by atoms with van der Waals surface area (Å²) in [6.45, 7) is 1.66. The molecule has 1 N–H and O–H groups in total. The molecule has 0 aliphatic heterocycles. The van der Waals surface area contributed by atoms with Crippen molar-refractivity contribution < 1.29 is 9.50 Å². The maximum atomic E-state index is 13.1. The van der Waals surface area contributed by atoms with E-state index in [0.717, 1.165) is 0 Å². The molecule has 1 rings (SSSR count). The highest BCUT2D eigenvalue weighted by atomic mass is 35.5. The van der Waals surface area contributed by atoms with Gasteiger partial charge in [-0.2, -0.15) is 0 Å². The average Bonchev–Trinajstić information content (AvgIpc) is 2.06. The van der Waals surface area contributed by atoms with E-state index in [0.29, 0.717) is 15.7 Å². The quantitative estimate of drug-likeness (QED) is 0.791. The van der Waals surface area contributed by atoms with Crippen LogP contribution in [0.4, 0.5) is 4.39 Å². The minimum Gasteiger partial charge on any atom is -0.393 e. The summed E-state index contributed by atoms with van der Waals surface area (Å²) >= 11 is 6.95. The Labute approximate surface area is 85.9 Å². The lowest BCUT2D eigenvalue weighted by Crippen LogP contribution is -2.02. The fourth-order valence-corrected chi connectivity index (χ4v) is 1.87. The molecule has 0 fully saturated rings. The zero-order valence-electron chi connectivity index (χ0n) is 7.13. The largest absolute Gasteiger partial charge is 0.393 e. The summed E-state index contributed by atoms with van der Waals surface area (Å²) in [4.78, 5) is 0.480.